The first-order valence-electron chi connectivity index (χ1n) is 10.4. The number of nitrogens with one attached hydrogen (secondary N) is 1. The number of piperidine rings is 1. The third-order valence-corrected chi connectivity index (χ3v) is 6.08. The van der Waals surface area contributed by atoms with Gasteiger partial charge in [0, 0.05) is 31.6 Å². The summed E-state index contributed by atoms with van der Waals surface area (Å²) < 4.78 is 5.49. The molecule has 1 aromatic carbocycles. The summed E-state index contributed by atoms with van der Waals surface area (Å²) in [5.41, 5.74) is 0.814. The molecule has 4 amide bonds. The number of rotatable bonds is 1. The second-order valence-electron chi connectivity index (χ2n) is 9.32. The number of benzene rings is 1. The number of ether oxygens (including phenoxy) is 1. The van der Waals surface area contributed by atoms with Crippen molar-refractivity contribution < 1.29 is 23.9 Å². The molecule has 1 aromatic rings. The molecule has 0 aliphatic carbocycles. The van der Waals surface area contributed by atoms with Crippen molar-refractivity contribution in [3.63, 3.8) is 0 Å². The SMILES string of the molecule is CC(C)(C)OC(=O)N1CCc2c(C(=O)N3CCC4(CCC(=O)NC4=O)C3)cccc21. The zero-order valence-corrected chi connectivity index (χ0v) is 17.6. The number of imide groups is 1. The van der Waals surface area contributed by atoms with E-state index in [2.05, 4.69) is 5.32 Å². The van der Waals surface area contributed by atoms with Gasteiger partial charge in [-0.3, -0.25) is 24.6 Å². The van der Waals surface area contributed by atoms with Crippen LogP contribution in [0.2, 0.25) is 0 Å². The van der Waals surface area contributed by atoms with E-state index in [1.54, 1.807) is 21.9 Å². The zero-order valence-electron chi connectivity index (χ0n) is 17.6. The molecule has 1 N–H and O–H groups in total. The fraction of sp³-hybridized carbons (Fsp3) is 0.545. The standard InChI is InChI=1S/C22H27N3O5/c1-21(2,3)30-20(29)25-11-8-14-15(5-4-6-16(14)25)18(27)24-12-10-22(13-24)9-7-17(26)23-19(22)28/h4-6H,7-13H2,1-3H3,(H,23,26,28). The van der Waals surface area contributed by atoms with Crippen molar-refractivity contribution in [2.75, 3.05) is 24.5 Å². The topological polar surface area (TPSA) is 96.0 Å². The number of hydrogen-bond acceptors (Lipinski definition) is 5. The Morgan fingerprint density at radius 3 is 2.57 bits per heavy atom. The molecule has 0 aromatic heterocycles. The zero-order chi connectivity index (χ0) is 21.7. The Morgan fingerprint density at radius 1 is 1.10 bits per heavy atom. The molecule has 1 unspecified atom stereocenters. The molecule has 4 rings (SSSR count). The summed E-state index contributed by atoms with van der Waals surface area (Å²) in [6.45, 7) is 6.70. The summed E-state index contributed by atoms with van der Waals surface area (Å²) in [6, 6.07) is 5.37. The maximum Gasteiger partial charge on any atom is 0.414 e. The number of carbonyl (C=O) groups is 4. The Bertz CT molecular complexity index is 935. The third kappa shape index (κ3) is 3.55. The van der Waals surface area contributed by atoms with E-state index in [0.29, 0.717) is 56.6 Å². The molecule has 2 fully saturated rings. The van der Waals surface area contributed by atoms with Gasteiger partial charge in [-0.15, -0.1) is 0 Å². The lowest BCUT2D eigenvalue weighted by Crippen LogP contribution is -2.50. The van der Waals surface area contributed by atoms with Crippen LogP contribution in [-0.2, 0) is 20.7 Å². The maximum absolute atomic E-state index is 13.3. The largest absolute Gasteiger partial charge is 0.443 e. The Morgan fingerprint density at radius 2 is 1.87 bits per heavy atom. The van der Waals surface area contributed by atoms with Gasteiger partial charge in [-0.05, 0) is 57.7 Å². The molecule has 1 atom stereocenters. The number of hydrogen-bond donors (Lipinski definition) is 1. The maximum atomic E-state index is 13.3. The summed E-state index contributed by atoms with van der Waals surface area (Å²) in [4.78, 5) is 53.1. The lowest BCUT2D eigenvalue weighted by molar-refractivity contribution is -0.141. The van der Waals surface area contributed by atoms with Crippen molar-refractivity contribution in [2.24, 2.45) is 5.41 Å². The van der Waals surface area contributed by atoms with E-state index in [9.17, 15) is 19.2 Å². The van der Waals surface area contributed by atoms with Crippen molar-refractivity contribution >= 4 is 29.5 Å². The highest BCUT2D eigenvalue weighted by molar-refractivity contribution is 6.03. The highest BCUT2D eigenvalue weighted by atomic mass is 16.6. The monoisotopic (exact) mass is 413 g/mol. The van der Waals surface area contributed by atoms with Gasteiger partial charge in [-0.1, -0.05) is 6.07 Å². The number of anilines is 1. The van der Waals surface area contributed by atoms with E-state index in [1.165, 1.54) is 0 Å². The van der Waals surface area contributed by atoms with Crippen LogP contribution in [0.4, 0.5) is 10.5 Å². The Kier molecular flexibility index (Phi) is 4.83. The molecule has 8 nitrogen and oxygen atoms in total. The van der Waals surface area contributed by atoms with Gasteiger partial charge >= 0.3 is 6.09 Å². The second-order valence-corrected chi connectivity index (χ2v) is 9.32. The number of carbonyl (C=O) groups excluding carboxylic acids is 4. The van der Waals surface area contributed by atoms with Gasteiger partial charge in [0.05, 0.1) is 11.1 Å². The molecular weight excluding hydrogens is 386 g/mol. The lowest BCUT2D eigenvalue weighted by Gasteiger charge is -2.31. The van der Waals surface area contributed by atoms with Gasteiger partial charge in [-0.25, -0.2) is 4.79 Å². The minimum absolute atomic E-state index is 0.139. The highest BCUT2D eigenvalue weighted by Crippen LogP contribution is 2.39. The van der Waals surface area contributed by atoms with Crippen LogP contribution in [0.5, 0.6) is 0 Å². The van der Waals surface area contributed by atoms with Crippen LogP contribution >= 0.6 is 0 Å². The van der Waals surface area contributed by atoms with E-state index in [4.69, 9.17) is 4.74 Å². The minimum atomic E-state index is -0.677. The predicted octanol–water partition coefficient (Wildman–Crippen LogP) is 2.25. The van der Waals surface area contributed by atoms with E-state index in [-0.39, 0.29) is 17.7 Å². The van der Waals surface area contributed by atoms with E-state index < -0.39 is 17.1 Å². The molecule has 8 heteroatoms. The van der Waals surface area contributed by atoms with Crippen molar-refractivity contribution in [1.29, 1.82) is 0 Å². The second kappa shape index (κ2) is 7.11. The Labute approximate surface area is 175 Å². The predicted molar refractivity (Wildman–Crippen MR) is 109 cm³/mol. The van der Waals surface area contributed by atoms with Gasteiger partial charge < -0.3 is 9.64 Å². The van der Waals surface area contributed by atoms with E-state index in [0.717, 1.165) is 5.56 Å². The first kappa shape index (κ1) is 20.4. The fourth-order valence-electron chi connectivity index (χ4n) is 4.53. The summed E-state index contributed by atoms with van der Waals surface area (Å²) in [6.07, 6.45) is 1.48. The van der Waals surface area contributed by atoms with E-state index >= 15 is 0 Å². The fourth-order valence-corrected chi connectivity index (χ4v) is 4.53. The normalized spacial score (nSPS) is 23.6. The molecule has 3 aliphatic rings. The number of fused-ring (bicyclic) bond motifs is 1. The van der Waals surface area contributed by atoms with Crippen LogP contribution in [0.3, 0.4) is 0 Å². The minimum Gasteiger partial charge on any atom is -0.443 e. The van der Waals surface area contributed by atoms with Crippen LogP contribution in [0.15, 0.2) is 18.2 Å². The van der Waals surface area contributed by atoms with Crippen LogP contribution < -0.4 is 10.2 Å². The molecule has 0 saturated carbocycles. The van der Waals surface area contributed by atoms with Crippen molar-refractivity contribution in [3.8, 4) is 0 Å². The molecule has 0 radical (unpaired) electrons. The molecule has 3 heterocycles. The Hall–Kier alpha value is -2.90. The van der Waals surface area contributed by atoms with Gasteiger partial charge in [0.15, 0.2) is 0 Å². The summed E-state index contributed by atoms with van der Waals surface area (Å²) in [5, 5.41) is 2.42. The van der Waals surface area contributed by atoms with Crippen LogP contribution in [0.25, 0.3) is 0 Å². The van der Waals surface area contributed by atoms with Crippen molar-refractivity contribution in [2.45, 2.75) is 52.1 Å². The van der Waals surface area contributed by atoms with Gasteiger partial charge in [0.25, 0.3) is 5.91 Å². The molecule has 0 bridgehead atoms. The summed E-state index contributed by atoms with van der Waals surface area (Å²) in [5.74, 6) is -0.665. The molecule has 2 saturated heterocycles. The summed E-state index contributed by atoms with van der Waals surface area (Å²) in [7, 11) is 0. The van der Waals surface area contributed by atoms with Crippen molar-refractivity contribution in [3.05, 3.63) is 29.3 Å². The highest BCUT2D eigenvalue weighted by Gasteiger charge is 2.49. The number of amides is 4. The van der Waals surface area contributed by atoms with Gasteiger partial charge in [0.2, 0.25) is 11.8 Å². The average molecular weight is 413 g/mol. The van der Waals surface area contributed by atoms with Crippen LogP contribution in [0.1, 0.15) is 56.0 Å². The van der Waals surface area contributed by atoms with Crippen LogP contribution in [-0.4, -0.2) is 54.0 Å². The van der Waals surface area contributed by atoms with Gasteiger partial charge in [0.1, 0.15) is 5.60 Å². The van der Waals surface area contributed by atoms with Crippen molar-refractivity contribution in [1.82, 2.24) is 10.2 Å². The van der Waals surface area contributed by atoms with E-state index in [1.807, 2.05) is 26.8 Å². The number of nitrogens with zero attached hydrogens (tertiary/aromatic N) is 2. The third-order valence-electron chi connectivity index (χ3n) is 6.08. The molecule has 1 spiro atoms. The summed E-state index contributed by atoms with van der Waals surface area (Å²) >= 11 is 0. The molecule has 160 valence electrons. The first-order valence-corrected chi connectivity index (χ1v) is 10.4. The van der Waals surface area contributed by atoms with Gasteiger partial charge in [-0.2, -0.15) is 0 Å². The molecule has 30 heavy (non-hydrogen) atoms. The molecule has 3 aliphatic heterocycles. The quantitative estimate of drug-likeness (QED) is 0.713. The molecular formula is C22H27N3O5. The average Bonchev–Trinajstić information content (AvgIpc) is 3.28. The van der Waals surface area contributed by atoms with Crippen LogP contribution in [0, 0.1) is 5.41 Å². The first-order chi connectivity index (χ1) is 14.1. The number of likely N-dealkylation sites (tertiary alicyclic amines) is 1. The lowest BCUT2D eigenvalue weighted by atomic mass is 9.79. The Balaban J connectivity index is 1.54. The smallest absolute Gasteiger partial charge is 0.414 e.